The van der Waals surface area contributed by atoms with Crippen molar-refractivity contribution in [1.82, 2.24) is 9.97 Å². The first-order valence-corrected chi connectivity index (χ1v) is 8.08. The van der Waals surface area contributed by atoms with Crippen molar-refractivity contribution in [1.29, 1.82) is 0 Å². The van der Waals surface area contributed by atoms with Gasteiger partial charge in [0.1, 0.15) is 5.82 Å². The summed E-state index contributed by atoms with van der Waals surface area (Å²) in [5.74, 6) is 3.00. The lowest BCUT2D eigenvalue weighted by Crippen LogP contribution is -2.03. The predicted molar refractivity (Wildman–Crippen MR) is 92.7 cm³/mol. The van der Waals surface area contributed by atoms with Crippen molar-refractivity contribution in [2.75, 3.05) is 20.0 Å². The molecular formula is C18H23N3O2. The maximum atomic E-state index is 6.10. The average molecular weight is 313 g/mol. The number of aromatic nitrogens is 2. The maximum Gasteiger partial charge on any atom is 0.162 e. The van der Waals surface area contributed by atoms with Gasteiger partial charge in [-0.2, -0.15) is 0 Å². The fourth-order valence-electron chi connectivity index (χ4n) is 3.12. The van der Waals surface area contributed by atoms with Crippen molar-refractivity contribution in [3.05, 3.63) is 24.0 Å². The normalized spacial score (nSPS) is 16.1. The topological polar surface area (TPSA) is 70.3 Å². The number of allylic oxidation sites excluding steroid dienone is 1. The van der Waals surface area contributed by atoms with E-state index in [-0.39, 0.29) is 0 Å². The van der Waals surface area contributed by atoms with Gasteiger partial charge >= 0.3 is 0 Å². The van der Waals surface area contributed by atoms with E-state index in [1.165, 1.54) is 32.1 Å². The highest BCUT2D eigenvalue weighted by Gasteiger charge is 2.12. The number of methoxy groups -OCH3 is 2. The zero-order valence-electron chi connectivity index (χ0n) is 13.7. The van der Waals surface area contributed by atoms with Gasteiger partial charge in [0.25, 0.3) is 0 Å². The summed E-state index contributed by atoms with van der Waals surface area (Å²) in [5, 5.41) is 0.775. The van der Waals surface area contributed by atoms with E-state index < -0.39 is 0 Å². The van der Waals surface area contributed by atoms with Crippen LogP contribution in [0.1, 0.15) is 37.9 Å². The van der Waals surface area contributed by atoms with Crippen LogP contribution in [0.5, 0.6) is 11.5 Å². The van der Waals surface area contributed by atoms with Crippen LogP contribution in [0, 0.1) is 5.92 Å². The molecule has 0 aliphatic heterocycles. The Bertz CT molecular complexity index is 722. The summed E-state index contributed by atoms with van der Waals surface area (Å²) in [4.78, 5) is 8.99. The van der Waals surface area contributed by atoms with Gasteiger partial charge in [-0.15, -0.1) is 0 Å². The minimum absolute atomic E-state index is 0.458. The van der Waals surface area contributed by atoms with Crippen LogP contribution >= 0.6 is 0 Å². The lowest BCUT2D eigenvalue weighted by Gasteiger charge is -2.17. The predicted octanol–water partition coefficient (Wildman–Crippen LogP) is 3.82. The van der Waals surface area contributed by atoms with Crippen LogP contribution in [0.15, 0.2) is 18.2 Å². The van der Waals surface area contributed by atoms with Gasteiger partial charge in [0.05, 0.1) is 19.7 Å². The number of nitrogens with two attached hydrogens (primary N) is 1. The van der Waals surface area contributed by atoms with E-state index in [1.807, 2.05) is 18.2 Å². The summed E-state index contributed by atoms with van der Waals surface area (Å²) in [6.07, 6.45) is 10.7. The van der Waals surface area contributed by atoms with Gasteiger partial charge in [-0.3, -0.25) is 0 Å². The van der Waals surface area contributed by atoms with Crippen LogP contribution in [-0.2, 0) is 0 Å². The molecule has 5 heteroatoms. The molecule has 2 aromatic rings. The molecular weight excluding hydrogens is 290 g/mol. The first-order valence-electron chi connectivity index (χ1n) is 8.08. The number of benzene rings is 1. The molecule has 3 rings (SSSR count). The molecule has 2 N–H and O–H groups in total. The van der Waals surface area contributed by atoms with Crippen LogP contribution in [-0.4, -0.2) is 24.2 Å². The SMILES string of the molecule is COc1cc2nc(C=CC3CCCCC3)nc(N)c2cc1OC. The van der Waals surface area contributed by atoms with E-state index in [4.69, 9.17) is 15.2 Å². The summed E-state index contributed by atoms with van der Waals surface area (Å²) in [5.41, 5.74) is 6.86. The molecule has 1 aliphatic rings. The molecule has 5 nitrogen and oxygen atoms in total. The van der Waals surface area contributed by atoms with Gasteiger partial charge in [0.2, 0.25) is 0 Å². The summed E-state index contributed by atoms with van der Waals surface area (Å²) >= 11 is 0. The maximum absolute atomic E-state index is 6.10. The van der Waals surface area contributed by atoms with Gasteiger partial charge in [0, 0.05) is 11.5 Å². The molecule has 0 saturated heterocycles. The molecule has 0 atom stereocenters. The monoisotopic (exact) mass is 313 g/mol. The van der Waals surface area contributed by atoms with Crippen molar-refractivity contribution < 1.29 is 9.47 Å². The number of anilines is 1. The molecule has 122 valence electrons. The Labute approximate surface area is 136 Å². The van der Waals surface area contributed by atoms with E-state index in [0.29, 0.717) is 29.1 Å². The summed E-state index contributed by atoms with van der Waals surface area (Å²) < 4.78 is 10.6. The molecule has 1 aliphatic carbocycles. The highest BCUT2D eigenvalue weighted by atomic mass is 16.5. The average Bonchev–Trinajstić information content (AvgIpc) is 2.59. The van der Waals surface area contributed by atoms with E-state index in [0.717, 1.165) is 10.9 Å². The standard InChI is InChI=1S/C18H23N3O2/c1-22-15-10-13-14(11-16(15)23-2)20-17(21-18(13)19)9-8-12-6-4-3-5-7-12/h8-12H,3-7H2,1-2H3,(H2,19,20,21). The number of rotatable bonds is 4. The number of ether oxygens (including phenoxy) is 2. The minimum Gasteiger partial charge on any atom is -0.493 e. The van der Waals surface area contributed by atoms with Gasteiger partial charge in [-0.1, -0.05) is 25.3 Å². The Hall–Kier alpha value is -2.30. The second kappa shape index (κ2) is 6.86. The lowest BCUT2D eigenvalue weighted by atomic mass is 9.89. The van der Waals surface area contributed by atoms with E-state index >= 15 is 0 Å². The number of hydrogen-bond donors (Lipinski definition) is 1. The Kier molecular flexibility index (Phi) is 4.65. The van der Waals surface area contributed by atoms with E-state index in [1.54, 1.807) is 14.2 Å². The molecule has 1 saturated carbocycles. The van der Waals surface area contributed by atoms with Gasteiger partial charge in [-0.25, -0.2) is 9.97 Å². The molecule has 0 unspecified atom stereocenters. The third kappa shape index (κ3) is 3.38. The minimum atomic E-state index is 0.458. The number of hydrogen-bond acceptors (Lipinski definition) is 5. The molecule has 1 fully saturated rings. The van der Waals surface area contributed by atoms with E-state index in [9.17, 15) is 0 Å². The van der Waals surface area contributed by atoms with Crippen molar-refractivity contribution in [2.45, 2.75) is 32.1 Å². The van der Waals surface area contributed by atoms with Crippen LogP contribution in [0.2, 0.25) is 0 Å². The summed E-state index contributed by atoms with van der Waals surface area (Å²) in [7, 11) is 3.21. The van der Waals surface area contributed by atoms with Crippen molar-refractivity contribution >= 4 is 22.8 Å². The molecule has 0 amide bonds. The van der Waals surface area contributed by atoms with Crippen molar-refractivity contribution in [2.24, 2.45) is 5.92 Å². The van der Waals surface area contributed by atoms with E-state index in [2.05, 4.69) is 16.0 Å². The molecule has 1 aromatic carbocycles. The van der Waals surface area contributed by atoms with Crippen LogP contribution in [0.25, 0.3) is 17.0 Å². The Morgan fingerprint density at radius 1 is 1.04 bits per heavy atom. The fraction of sp³-hybridized carbons (Fsp3) is 0.444. The molecule has 0 radical (unpaired) electrons. The summed E-state index contributed by atoms with van der Waals surface area (Å²) in [6.45, 7) is 0. The molecule has 23 heavy (non-hydrogen) atoms. The van der Waals surface area contributed by atoms with Crippen LogP contribution < -0.4 is 15.2 Å². The number of fused-ring (bicyclic) bond motifs is 1. The highest BCUT2D eigenvalue weighted by Crippen LogP contribution is 2.33. The Balaban J connectivity index is 1.94. The zero-order chi connectivity index (χ0) is 16.2. The van der Waals surface area contributed by atoms with Crippen LogP contribution in [0.3, 0.4) is 0 Å². The van der Waals surface area contributed by atoms with Gasteiger partial charge < -0.3 is 15.2 Å². The number of nitrogen functional groups attached to an aromatic ring is 1. The molecule has 0 spiro atoms. The fourth-order valence-corrected chi connectivity index (χ4v) is 3.12. The Morgan fingerprint density at radius 3 is 2.43 bits per heavy atom. The largest absolute Gasteiger partial charge is 0.493 e. The molecule has 1 heterocycles. The van der Waals surface area contributed by atoms with Crippen LogP contribution in [0.4, 0.5) is 5.82 Å². The third-order valence-electron chi connectivity index (χ3n) is 4.42. The molecule has 0 bridgehead atoms. The first-order chi connectivity index (χ1) is 11.2. The number of nitrogens with zero attached hydrogens (tertiary/aromatic N) is 2. The first kappa shape index (κ1) is 15.6. The second-order valence-corrected chi connectivity index (χ2v) is 5.95. The van der Waals surface area contributed by atoms with Crippen molar-refractivity contribution in [3.8, 4) is 11.5 Å². The quantitative estimate of drug-likeness (QED) is 0.929. The second-order valence-electron chi connectivity index (χ2n) is 5.95. The molecule has 1 aromatic heterocycles. The Morgan fingerprint density at radius 2 is 1.74 bits per heavy atom. The van der Waals surface area contributed by atoms with Crippen molar-refractivity contribution in [3.63, 3.8) is 0 Å². The smallest absolute Gasteiger partial charge is 0.162 e. The lowest BCUT2D eigenvalue weighted by molar-refractivity contribution is 0.356. The third-order valence-corrected chi connectivity index (χ3v) is 4.42. The van der Waals surface area contributed by atoms with Gasteiger partial charge in [0.15, 0.2) is 17.3 Å². The highest BCUT2D eigenvalue weighted by molar-refractivity contribution is 5.91. The zero-order valence-corrected chi connectivity index (χ0v) is 13.7. The van der Waals surface area contributed by atoms with Gasteiger partial charge in [-0.05, 0) is 30.9 Å². The summed E-state index contributed by atoms with van der Waals surface area (Å²) in [6, 6.07) is 3.66.